The highest BCUT2D eigenvalue weighted by Crippen LogP contribution is 2.35. The molecule has 1 heterocycles. The largest absolute Gasteiger partial charge is 0.304 e. The smallest absolute Gasteiger partial charge is 0.0991 e. The minimum Gasteiger partial charge on any atom is -0.304 e. The van der Waals surface area contributed by atoms with E-state index in [2.05, 4.69) is 25.2 Å². The fourth-order valence-electron chi connectivity index (χ4n) is 1.99. The van der Waals surface area contributed by atoms with Crippen molar-refractivity contribution in [3.8, 4) is 0 Å². The van der Waals surface area contributed by atoms with Gasteiger partial charge in [-0.25, -0.2) is 0 Å². The highest BCUT2D eigenvalue weighted by Gasteiger charge is 2.16. The van der Waals surface area contributed by atoms with Crippen molar-refractivity contribution >= 4 is 46.1 Å². The Hall–Kier alpha value is -0.250. The lowest BCUT2D eigenvalue weighted by Crippen LogP contribution is -2.22. The lowest BCUT2D eigenvalue weighted by molar-refractivity contribution is 0.496. The van der Waals surface area contributed by atoms with Crippen LogP contribution in [0.15, 0.2) is 30.3 Å². The van der Waals surface area contributed by atoms with E-state index >= 15 is 0 Å². The third-order valence-corrected chi connectivity index (χ3v) is 4.75. The summed E-state index contributed by atoms with van der Waals surface area (Å²) in [5.74, 6) is 0. The highest BCUT2D eigenvalue weighted by atomic mass is 35.5. The van der Waals surface area contributed by atoms with Crippen LogP contribution >= 0.6 is 46.1 Å². The van der Waals surface area contributed by atoms with Crippen LogP contribution in [0.1, 0.15) is 37.1 Å². The summed E-state index contributed by atoms with van der Waals surface area (Å²) in [6, 6.07) is 10.1. The first-order valence-corrected chi connectivity index (χ1v) is 7.88. The molecule has 5 heteroatoms. The molecule has 0 spiro atoms. The van der Waals surface area contributed by atoms with E-state index in [0.29, 0.717) is 4.34 Å². The molecular weight excluding hydrogens is 321 g/mol. The van der Waals surface area contributed by atoms with Crippen molar-refractivity contribution in [3.63, 3.8) is 0 Å². The molecule has 0 saturated carbocycles. The van der Waals surface area contributed by atoms with Crippen LogP contribution in [0.25, 0.3) is 0 Å². The molecule has 0 aliphatic heterocycles. The Labute approximate surface area is 132 Å². The van der Waals surface area contributed by atoms with Crippen LogP contribution in [-0.4, -0.2) is 0 Å². The maximum Gasteiger partial charge on any atom is 0.0991 e. The molecule has 2 atom stereocenters. The Morgan fingerprint density at radius 2 is 1.79 bits per heavy atom. The summed E-state index contributed by atoms with van der Waals surface area (Å²) in [4.78, 5) is 0. The van der Waals surface area contributed by atoms with Gasteiger partial charge in [-0.1, -0.05) is 46.9 Å². The Kier molecular flexibility index (Phi) is 5.15. The van der Waals surface area contributed by atoms with E-state index < -0.39 is 0 Å². The van der Waals surface area contributed by atoms with Gasteiger partial charge in [0.15, 0.2) is 0 Å². The normalized spacial score (nSPS) is 14.4. The number of thiophene rings is 1. The molecule has 1 aromatic carbocycles. The van der Waals surface area contributed by atoms with Crippen molar-refractivity contribution in [2.45, 2.75) is 25.9 Å². The molecule has 102 valence electrons. The molecule has 0 radical (unpaired) electrons. The molecule has 0 aliphatic carbocycles. The second kappa shape index (κ2) is 6.47. The van der Waals surface area contributed by atoms with Crippen LogP contribution in [0, 0.1) is 0 Å². The molecule has 1 nitrogen and oxygen atoms in total. The van der Waals surface area contributed by atoms with Crippen LogP contribution in [0.5, 0.6) is 0 Å². The summed E-state index contributed by atoms with van der Waals surface area (Å²) < 4.78 is 1.45. The van der Waals surface area contributed by atoms with Crippen LogP contribution in [0.4, 0.5) is 0 Å². The first-order chi connectivity index (χ1) is 8.97. The molecule has 0 bridgehead atoms. The molecule has 0 fully saturated rings. The molecule has 0 saturated heterocycles. The maximum atomic E-state index is 6.17. The molecule has 0 aliphatic rings. The molecule has 1 unspecified atom stereocenters. The van der Waals surface area contributed by atoms with Gasteiger partial charge < -0.3 is 5.32 Å². The van der Waals surface area contributed by atoms with Crippen LogP contribution in [-0.2, 0) is 0 Å². The molecule has 1 aromatic heterocycles. The zero-order valence-corrected chi connectivity index (χ0v) is 13.7. The molecule has 0 amide bonds. The molecule has 2 rings (SSSR count). The van der Waals surface area contributed by atoms with Gasteiger partial charge in [-0.3, -0.25) is 0 Å². The Balaban J connectivity index is 2.10. The van der Waals surface area contributed by atoms with Crippen LogP contribution < -0.4 is 5.32 Å². The van der Waals surface area contributed by atoms with Crippen LogP contribution in [0.3, 0.4) is 0 Å². The standard InChI is InChI=1S/C14H14Cl3NS/c1-8(10-4-3-5-11(15)6-10)18-9(2)12-7-13(16)19-14(12)17/h3-9,18H,1-2H3/t8-,9?/m1/s1. The van der Waals surface area contributed by atoms with E-state index in [9.17, 15) is 0 Å². The van der Waals surface area contributed by atoms with Gasteiger partial charge in [0.1, 0.15) is 0 Å². The van der Waals surface area contributed by atoms with Gasteiger partial charge in [-0.15, -0.1) is 11.3 Å². The summed E-state index contributed by atoms with van der Waals surface area (Å²) in [5.41, 5.74) is 2.18. The Morgan fingerprint density at radius 1 is 1.05 bits per heavy atom. The van der Waals surface area contributed by atoms with E-state index in [0.717, 1.165) is 20.5 Å². The van der Waals surface area contributed by atoms with Crippen molar-refractivity contribution in [3.05, 3.63) is 55.2 Å². The van der Waals surface area contributed by atoms with E-state index in [1.807, 2.05) is 24.3 Å². The maximum absolute atomic E-state index is 6.17. The number of nitrogens with one attached hydrogen (secondary N) is 1. The van der Waals surface area contributed by atoms with Crippen molar-refractivity contribution < 1.29 is 0 Å². The number of hydrogen-bond donors (Lipinski definition) is 1. The molecule has 2 aromatic rings. The summed E-state index contributed by atoms with van der Waals surface area (Å²) >= 11 is 19.5. The van der Waals surface area contributed by atoms with Crippen molar-refractivity contribution in [1.29, 1.82) is 0 Å². The fraction of sp³-hybridized carbons (Fsp3) is 0.286. The first kappa shape index (κ1) is 15.1. The summed E-state index contributed by atoms with van der Waals surface area (Å²) in [6.45, 7) is 4.18. The average molecular weight is 335 g/mol. The van der Waals surface area contributed by atoms with Gasteiger partial charge in [0, 0.05) is 17.1 Å². The molecular formula is C14H14Cl3NS. The predicted molar refractivity (Wildman–Crippen MR) is 85.8 cm³/mol. The predicted octanol–water partition coefficient (Wildman–Crippen LogP) is 6.12. The number of benzene rings is 1. The van der Waals surface area contributed by atoms with Crippen LogP contribution in [0.2, 0.25) is 13.7 Å². The van der Waals surface area contributed by atoms with Crippen molar-refractivity contribution in [2.75, 3.05) is 0 Å². The second-order valence-corrected chi connectivity index (χ2v) is 7.17. The van der Waals surface area contributed by atoms with Crippen molar-refractivity contribution in [1.82, 2.24) is 5.32 Å². The lowest BCUT2D eigenvalue weighted by Gasteiger charge is -2.20. The topological polar surface area (TPSA) is 12.0 Å². The average Bonchev–Trinajstić information content (AvgIpc) is 2.68. The van der Waals surface area contributed by atoms with Crippen molar-refractivity contribution in [2.24, 2.45) is 0 Å². The molecule has 1 N–H and O–H groups in total. The minimum atomic E-state index is 0.130. The monoisotopic (exact) mass is 333 g/mol. The molecule has 19 heavy (non-hydrogen) atoms. The summed E-state index contributed by atoms with van der Waals surface area (Å²) in [5, 5.41) is 4.24. The fourth-order valence-corrected chi connectivity index (χ4v) is 3.83. The van der Waals surface area contributed by atoms with Gasteiger partial charge in [0.2, 0.25) is 0 Å². The SMILES string of the molecule is CC(N[C@H](C)c1cccc(Cl)c1)c1cc(Cl)sc1Cl. The van der Waals surface area contributed by atoms with Gasteiger partial charge in [-0.2, -0.15) is 0 Å². The van der Waals surface area contributed by atoms with E-state index in [1.165, 1.54) is 11.3 Å². The van der Waals surface area contributed by atoms with Gasteiger partial charge in [0.05, 0.1) is 8.67 Å². The quantitative estimate of drug-likeness (QED) is 0.710. The van der Waals surface area contributed by atoms with E-state index in [-0.39, 0.29) is 12.1 Å². The lowest BCUT2D eigenvalue weighted by atomic mass is 10.1. The minimum absolute atomic E-state index is 0.130. The van der Waals surface area contributed by atoms with Gasteiger partial charge in [0.25, 0.3) is 0 Å². The third-order valence-electron chi connectivity index (χ3n) is 3.00. The zero-order valence-electron chi connectivity index (χ0n) is 10.6. The first-order valence-electron chi connectivity index (χ1n) is 5.93. The van der Waals surface area contributed by atoms with Gasteiger partial charge in [-0.05, 0) is 43.2 Å². The Bertz CT molecular complexity index is 568. The highest BCUT2D eigenvalue weighted by molar-refractivity contribution is 7.20. The number of halogens is 3. The number of rotatable bonds is 4. The third kappa shape index (κ3) is 3.87. The van der Waals surface area contributed by atoms with E-state index in [1.54, 1.807) is 0 Å². The Morgan fingerprint density at radius 3 is 2.37 bits per heavy atom. The second-order valence-electron chi connectivity index (χ2n) is 4.44. The number of hydrogen-bond acceptors (Lipinski definition) is 2. The summed E-state index contributed by atoms with van der Waals surface area (Å²) in [6.07, 6.45) is 0. The zero-order chi connectivity index (χ0) is 14.0. The summed E-state index contributed by atoms with van der Waals surface area (Å²) in [7, 11) is 0. The van der Waals surface area contributed by atoms with E-state index in [4.69, 9.17) is 34.8 Å². The van der Waals surface area contributed by atoms with Gasteiger partial charge >= 0.3 is 0 Å².